The summed E-state index contributed by atoms with van der Waals surface area (Å²) in [6.07, 6.45) is 0. The van der Waals surface area contributed by atoms with Crippen molar-refractivity contribution in [2.75, 3.05) is 18.9 Å². The first kappa shape index (κ1) is 25.8. The Bertz CT molecular complexity index is 1210. The summed E-state index contributed by atoms with van der Waals surface area (Å²) in [6, 6.07) is 7.31. The monoisotopic (exact) mass is 519 g/mol. The topological polar surface area (TPSA) is 158 Å². The number of thiophene rings is 1. The van der Waals surface area contributed by atoms with Crippen LogP contribution in [-0.2, 0) is 20.9 Å². The van der Waals surface area contributed by atoms with Gasteiger partial charge in [-0.2, -0.15) is 4.37 Å². The van der Waals surface area contributed by atoms with Gasteiger partial charge in [-0.1, -0.05) is 18.2 Å². The molecule has 35 heavy (non-hydrogen) atoms. The number of nitrogens with two attached hydrogens (primary N) is 2. The Kier molecular flexibility index (Phi) is 8.49. The number of hydrogen-bond donors (Lipinski definition) is 3. The fourth-order valence-corrected chi connectivity index (χ4v) is 4.66. The molecule has 0 aliphatic rings. The van der Waals surface area contributed by atoms with Gasteiger partial charge in [0.05, 0.1) is 18.8 Å². The van der Waals surface area contributed by atoms with Crippen LogP contribution in [0.3, 0.4) is 0 Å². The quantitative estimate of drug-likeness (QED) is 0.346. The molecular formula is C22H22FN5O5S2. The third-order valence-electron chi connectivity index (χ3n) is 4.78. The van der Waals surface area contributed by atoms with Crippen LogP contribution >= 0.6 is 22.9 Å². The lowest BCUT2D eigenvalue weighted by atomic mass is 10.0. The minimum Gasteiger partial charge on any atom is -0.465 e. The van der Waals surface area contributed by atoms with Crippen molar-refractivity contribution in [3.8, 4) is 0 Å². The van der Waals surface area contributed by atoms with E-state index in [4.69, 9.17) is 16.2 Å². The van der Waals surface area contributed by atoms with Crippen molar-refractivity contribution < 1.29 is 28.3 Å². The molecule has 5 N–H and O–H groups in total. The summed E-state index contributed by atoms with van der Waals surface area (Å²) in [7, 11) is 0. The molecule has 2 aromatic heterocycles. The van der Waals surface area contributed by atoms with Gasteiger partial charge in [-0.05, 0) is 47.6 Å². The number of primary amides is 1. The summed E-state index contributed by atoms with van der Waals surface area (Å²) in [6.45, 7) is 1.31. The number of ether oxygens (including phenoxy) is 1. The zero-order valence-electron chi connectivity index (χ0n) is 18.5. The van der Waals surface area contributed by atoms with E-state index in [1.54, 1.807) is 24.4 Å². The standard InChI is InChI=1S/C22H22FN5O5S2/c1-2-33-15(29)10-26-21(31)18(12-5-7-13(23)8-6-12)28(11-14-4-3-9-34-14)22(32)19-16(24)17(20(25)30)27-35-19/h3-9,18H,2,10-11,24H2,1H3,(H2,25,30)(H,26,31). The maximum atomic E-state index is 13.7. The number of nitrogens with zero attached hydrogens (tertiary/aromatic N) is 2. The summed E-state index contributed by atoms with van der Waals surface area (Å²) < 4.78 is 22.4. The third-order valence-corrected chi connectivity index (χ3v) is 6.49. The maximum Gasteiger partial charge on any atom is 0.325 e. The first-order valence-corrected chi connectivity index (χ1v) is 11.9. The Balaban J connectivity index is 2.05. The van der Waals surface area contributed by atoms with Crippen LogP contribution in [0.25, 0.3) is 0 Å². The van der Waals surface area contributed by atoms with Gasteiger partial charge in [-0.15, -0.1) is 11.3 Å². The van der Waals surface area contributed by atoms with Crippen LogP contribution in [0.2, 0.25) is 0 Å². The van der Waals surface area contributed by atoms with Crippen LogP contribution in [0.4, 0.5) is 10.1 Å². The van der Waals surface area contributed by atoms with Crippen molar-refractivity contribution in [2.24, 2.45) is 5.73 Å². The van der Waals surface area contributed by atoms with Crippen LogP contribution in [0.1, 0.15) is 43.6 Å². The zero-order chi connectivity index (χ0) is 25.5. The van der Waals surface area contributed by atoms with Crippen LogP contribution in [0, 0.1) is 5.82 Å². The summed E-state index contributed by atoms with van der Waals surface area (Å²) in [5, 5.41) is 4.27. The Morgan fingerprint density at radius 1 is 1.20 bits per heavy atom. The van der Waals surface area contributed by atoms with E-state index in [-0.39, 0.29) is 35.0 Å². The minimum absolute atomic E-state index is 0.0192. The number of rotatable bonds is 10. The molecule has 1 atom stereocenters. The highest BCUT2D eigenvalue weighted by Gasteiger charge is 2.35. The van der Waals surface area contributed by atoms with Gasteiger partial charge in [0, 0.05) is 4.88 Å². The highest BCUT2D eigenvalue weighted by Crippen LogP contribution is 2.31. The van der Waals surface area contributed by atoms with Crippen LogP contribution in [0.15, 0.2) is 41.8 Å². The molecule has 0 spiro atoms. The van der Waals surface area contributed by atoms with Gasteiger partial charge < -0.3 is 26.4 Å². The molecule has 0 saturated carbocycles. The maximum absolute atomic E-state index is 13.7. The van der Waals surface area contributed by atoms with Gasteiger partial charge in [0.1, 0.15) is 23.3 Å². The number of benzene rings is 1. The SMILES string of the molecule is CCOC(=O)CNC(=O)C(c1ccc(F)cc1)N(Cc1cccs1)C(=O)c1snc(C(N)=O)c1N. The molecule has 0 aliphatic heterocycles. The number of amides is 3. The third kappa shape index (κ3) is 6.19. The first-order valence-electron chi connectivity index (χ1n) is 10.3. The number of nitrogen functional groups attached to an aromatic ring is 1. The van der Waals surface area contributed by atoms with Crippen LogP contribution < -0.4 is 16.8 Å². The number of aromatic nitrogens is 1. The Morgan fingerprint density at radius 3 is 2.49 bits per heavy atom. The molecule has 2 heterocycles. The molecule has 0 aliphatic carbocycles. The van der Waals surface area contributed by atoms with Gasteiger partial charge in [0.2, 0.25) is 5.91 Å². The minimum atomic E-state index is -1.28. The van der Waals surface area contributed by atoms with E-state index in [9.17, 15) is 23.6 Å². The Labute approximate surface area is 207 Å². The van der Waals surface area contributed by atoms with E-state index in [0.717, 1.165) is 17.0 Å². The number of esters is 1. The number of halogens is 1. The molecule has 1 aromatic carbocycles. The molecule has 3 rings (SSSR count). The summed E-state index contributed by atoms with van der Waals surface area (Å²) >= 11 is 2.03. The van der Waals surface area contributed by atoms with Crippen LogP contribution in [-0.4, -0.2) is 46.1 Å². The van der Waals surface area contributed by atoms with E-state index in [1.807, 2.05) is 0 Å². The molecular weight excluding hydrogens is 497 g/mol. The van der Waals surface area contributed by atoms with Crippen molar-refractivity contribution in [1.29, 1.82) is 0 Å². The number of carbonyl (C=O) groups excluding carboxylic acids is 4. The molecule has 0 fully saturated rings. The van der Waals surface area contributed by atoms with Crippen molar-refractivity contribution in [3.63, 3.8) is 0 Å². The van der Waals surface area contributed by atoms with Crippen molar-refractivity contribution in [2.45, 2.75) is 19.5 Å². The summed E-state index contributed by atoms with van der Waals surface area (Å²) in [4.78, 5) is 52.3. The highest BCUT2D eigenvalue weighted by molar-refractivity contribution is 7.10. The second-order valence-corrected chi connectivity index (χ2v) is 8.93. The zero-order valence-corrected chi connectivity index (χ0v) is 20.2. The molecule has 3 aromatic rings. The number of anilines is 1. The molecule has 3 amide bonds. The van der Waals surface area contributed by atoms with Crippen molar-refractivity contribution in [3.05, 3.63) is 68.6 Å². The average Bonchev–Trinajstić information content (AvgIpc) is 3.47. The predicted octanol–water partition coefficient (Wildman–Crippen LogP) is 2.09. The fourth-order valence-electron chi connectivity index (χ4n) is 3.20. The first-order chi connectivity index (χ1) is 16.7. The van der Waals surface area contributed by atoms with E-state index < -0.39 is 42.1 Å². The Morgan fingerprint density at radius 2 is 1.91 bits per heavy atom. The largest absolute Gasteiger partial charge is 0.465 e. The molecule has 0 bridgehead atoms. The van der Waals surface area contributed by atoms with Crippen molar-refractivity contribution in [1.82, 2.24) is 14.6 Å². The smallest absolute Gasteiger partial charge is 0.325 e. The van der Waals surface area contributed by atoms with E-state index in [1.165, 1.54) is 28.4 Å². The van der Waals surface area contributed by atoms with Crippen LogP contribution in [0.5, 0.6) is 0 Å². The highest BCUT2D eigenvalue weighted by atomic mass is 32.1. The molecule has 0 saturated heterocycles. The van der Waals surface area contributed by atoms with Gasteiger partial charge in [-0.3, -0.25) is 19.2 Å². The number of carbonyl (C=O) groups is 4. The van der Waals surface area contributed by atoms with Gasteiger partial charge in [0.25, 0.3) is 11.8 Å². The van der Waals surface area contributed by atoms with Gasteiger partial charge in [-0.25, -0.2) is 4.39 Å². The lowest BCUT2D eigenvalue weighted by Crippen LogP contribution is -2.44. The number of hydrogen-bond acceptors (Lipinski definition) is 9. The lowest BCUT2D eigenvalue weighted by molar-refractivity contribution is -0.143. The molecule has 10 nitrogen and oxygen atoms in total. The van der Waals surface area contributed by atoms with Gasteiger partial charge >= 0.3 is 5.97 Å². The fraction of sp³-hybridized carbons (Fsp3) is 0.227. The van der Waals surface area contributed by atoms with E-state index in [2.05, 4.69) is 9.69 Å². The molecule has 1 unspecified atom stereocenters. The molecule has 13 heteroatoms. The van der Waals surface area contributed by atoms with Gasteiger partial charge in [0.15, 0.2) is 5.69 Å². The second-order valence-electron chi connectivity index (χ2n) is 7.13. The summed E-state index contributed by atoms with van der Waals surface area (Å²) in [5.41, 5.74) is 11.1. The average molecular weight is 520 g/mol. The van der Waals surface area contributed by atoms with Crippen molar-refractivity contribution >= 4 is 52.2 Å². The normalized spacial score (nSPS) is 11.5. The predicted molar refractivity (Wildman–Crippen MR) is 128 cm³/mol. The van der Waals surface area contributed by atoms with E-state index >= 15 is 0 Å². The number of nitrogens with one attached hydrogen (secondary N) is 1. The second kappa shape index (κ2) is 11.5. The van der Waals surface area contributed by atoms with E-state index in [0.29, 0.717) is 11.5 Å². The Hall–Kier alpha value is -3.84. The summed E-state index contributed by atoms with van der Waals surface area (Å²) in [5.74, 6) is -3.49. The molecule has 184 valence electrons. The molecule has 0 radical (unpaired) electrons. The lowest BCUT2D eigenvalue weighted by Gasteiger charge is -2.31.